The van der Waals surface area contributed by atoms with E-state index in [1.807, 2.05) is 19.9 Å². The van der Waals surface area contributed by atoms with Crippen LogP contribution >= 0.6 is 0 Å². The summed E-state index contributed by atoms with van der Waals surface area (Å²) in [5.74, 6) is 0.422. The van der Waals surface area contributed by atoms with E-state index in [-0.39, 0.29) is 11.2 Å². The highest BCUT2D eigenvalue weighted by molar-refractivity contribution is 5.59. The van der Waals surface area contributed by atoms with Gasteiger partial charge in [0, 0.05) is 6.54 Å². The van der Waals surface area contributed by atoms with E-state index in [1.165, 1.54) is 11.9 Å². The van der Waals surface area contributed by atoms with Crippen molar-refractivity contribution in [2.24, 2.45) is 0 Å². The van der Waals surface area contributed by atoms with Crippen LogP contribution in [-0.2, 0) is 0 Å². The van der Waals surface area contributed by atoms with Crippen molar-refractivity contribution in [3.63, 3.8) is 0 Å². The molecule has 0 saturated heterocycles. The Morgan fingerprint density at radius 3 is 3.07 bits per heavy atom. The first-order valence-electron chi connectivity index (χ1n) is 4.31. The number of H-pyrrole nitrogens is 1. The molecule has 1 aromatic rings. The summed E-state index contributed by atoms with van der Waals surface area (Å²) in [5, 5.41) is 2.95. The van der Waals surface area contributed by atoms with Crippen molar-refractivity contribution in [2.45, 2.75) is 13.8 Å². The summed E-state index contributed by atoms with van der Waals surface area (Å²) in [4.78, 5) is 17.4. The minimum absolute atomic E-state index is 0.120. The molecule has 14 heavy (non-hydrogen) atoms. The number of hydrogen-bond donors (Lipinski definition) is 3. The lowest BCUT2D eigenvalue weighted by molar-refractivity contribution is 1.10. The van der Waals surface area contributed by atoms with E-state index in [1.54, 1.807) is 0 Å². The second-order valence-electron chi connectivity index (χ2n) is 3.16. The van der Waals surface area contributed by atoms with E-state index in [2.05, 4.69) is 15.3 Å². The summed E-state index contributed by atoms with van der Waals surface area (Å²) < 4.78 is 0. The van der Waals surface area contributed by atoms with Crippen molar-refractivity contribution in [3.05, 3.63) is 28.3 Å². The molecule has 0 amide bonds. The Morgan fingerprint density at radius 2 is 2.43 bits per heavy atom. The highest BCUT2D eigenvalue weighted by atomic mass is 16.1. The number of nitrogens with two attached hydrogens (primary N) is 1. The maximum absolute atomic E-state index is 11.1. The third-order valence-electron chi connectivity index (χ3n) is 1.67. The predicted octanol–water partition coefficient (Wildman–Crippen LogP) is 0.730. The van der Waals surface area contributed by atoms with Crippen molar-refractivity contribution in [2.75, 3.05) is 17.6 Å². The highest BCUT2D eigenvalue weighted by Gasteiger charge is 2.01. The summed E-state index contributed by atoms with van der Waals surface area (Å²) in [6.07, 6.45) is 3.31. The molecule has 0 fully saturated rings. The number of rotatable bonds is 3. The molecule has 0 saturated carbocycles. The molecule has 0 unspecified atom stereocenters. The van der Waals surface area contributed by atoms with Gasteiger partial charge in [-0.25, -0.2) is 4.98 Å². The van der Waals surface area contributed by atoms with Crippen LogP contribution in [0.25, 0.3) is 0 Å². The van der Waals surface area contributed by atoms with Gasteiger partial charge in [-0.3, -0.25) is 4.79 Å². The van der Waals surface area contributed by atoms with Gasteiger partial charge < -0.3 is 16.0 Å². The molecular formula is C9H14N4O. The standard InChI is InChI=1S/C9H14N4O/c1-6(2)3-4-11-8-7(10)9(14)13-5-12-8/h3,5H,4,10H2,1-2H3,(H2,11,12,13,14). The smallest absolute Gasteiger partial charge is 0.276 e. The molecule has 0 aliphatic rings. The number of hydrogen-bond acceptors (Lipinski definition) is 4. The normalized spacial score (nSPS) is 9.57. The van der Waals surface area contributed by atoms with Crippen LogP contribution in [0.15, 0.2) is 22.8 Å². The third-order valence-corrected chi connectivity index (χ3v) is 1.67. The van der Waals surface area contributed by atoms with Gasteiger partial charge in [0.25, 0.3) is 5.56 Å². The van der Waals surface area contributed by atoms with Gasteiger partial charge in [-0.05, 0) is 13.8 Å². The molecule has 0 atom stereocenters. The quantitative estimate of drug-likeness (QED) is 0.619. The minimum Gasteiger partial charge on any atom is -0.391 e. The van der Waals surface area contributed by atoms with Crippen LogP contribution in [0.3, 0.4) is 0 Å². The Labute approximate surface area is 82.1 Å². The van der Waals surface area contributed by atoms with Crippen molar-refractivity contribution in [1.29, 1.82) is 0 Å². The number of nitrogens with zero attached hydrogens (tertiary/aromatic N) is 1. The van der Waals surface area contributed by atoms with Crippen LogP contribution < -0.4 is 16.6 Å². The first-order chi connectivity index (χ1) is 6.61. The third kappa shape index (κ3) is 2.62. The van der Waals surface area contributed by atoms with Gasteiger partial charge in [0.2, 0.25) is 0 Å². The zero-order valence-corrected chi connectivity index (χ0v) is 8.29. The average molecular weight is 194 g/mol. The van der Waals surface area contributed by atoms with E-state index >= 15 is 0 Å². The fraction of sp³-hybridized carbons (Fsp3) is 0.333. The maximum atomic E-state index is 11.1. The first-order valence-corrected chi connectivity index (χ1v) is 4.31. The Bertz CT molecular complexity index is 390. The lowest BCUT2D eigenvalue weighted by Gasteiger charge is -2.04. The molecule has 0 bridgehead atoms. The van der Waals surface area contributed by atoms with Gasteiger partial charge in [-0.1, -0.05) is 11.6 Å². The zero-order chi connectivity index (χ0) is 10.6. The Morgan fingerprint density at radius 1 is 1.71 bits per heavy atom. The Balaban J connectivity index is 2.73. The lowest BCUT2D eigenvalue weighted by atomic mass is 10.3. The summed E-state index contributed by atoms with van der Waals surface area (Å²) in [6.45, 7) is 4.61. The molecule has 76 valence electrons. The van der Waals surface area contributed by atoms with Gasteiger partial charge in [-0.15, -0.1) is 0 Å². The number of nitrogens with one attached hydrogen (secondary N) is 2. The van der Waals surface area contributed by atoms with Crippen LogP contribution in [0.2, 0.25) is 0 Å². The molecule has 0 aromatic carbocycles. The second-order valence-corrected chi connectivity index (χ2v) is 3.16. The van der Waals surface area contributed by atoms with Gasteiger partial charge in [-0.2, -0.15) is 0 Å². The van der Waals surface area contributed by atoms with Gasteiger partial charge in [0.05, 0.1) is 6.33 Å². The SMILES string of the molecule is CC(C)=CCNc1nc[nH]c(=O)c1N. The van der Waals surface area contributed by atoms with E-state index in [0.29, 0.717) is 12.4 Å². The fourth-order valence-corrected chi connectivity index (χ4v) is 0.903. The summed E-state index contributed by atoms with van der Waals surface area (Å²) >= 11 is 0. The second kappa shape index (κ2) is 4.45. The summed E-state index contributed by atoms with van der Waals surface area (Å²) in [6, 6.07) is 0. The van der Waals surface area contributed by atoms with Crippen molar-refractivity contribution in [3.8, 4) is 0 Å². The van der Waals surface area contributed by atoms with E-state index in [9.17, 15) is 4.79 Å². The molecule has 0 aliphatic carbocycles. The fourth-order valence-electron chi connectivity index (χ4n) is 0.903. The molecular weight excluding hydrogens is 180 g/mol. The van der Waals surface area contributed by atoms with Crippen molar-refractivity contribution < 1.29 is 0 Å². The van der Waals surface area contributed by atoms with Gasteiger partial charge in [0.1, 0.15) is 5.69 Å². The number of anilines is 2. The average Bonchev–Trinajstić information content (AvgIpc) is 2.12. The molecule has 1 aromatic heterocycles. The molecule has 0 spiro atoms. The maximum Gasteiger partial charge on any atom is 0.276 e. The molecule has 5 nitrogen and oxygen atoms in total. The van der Waals surface area contributed by atoms with Crippen LogP contribution in [0.5, 0.6) is 0 Å². The molecule has 4 N–H and O–H groups in total. The van der Waals surface area contributed by atoms with Gasteiger partial charge in [0.15, 0.2) is 5.82 Å². The summed E-state index contributed by atoms with van der Waals surface area (Å²) in [7, 11) is 0. The number of aromatic nitrogens is 2. The predicted molar refractivity (Wildman–Crippen MR) is 57.2 cm³/mol. The van der Waals surface area contributed by atoms with E-state index < -0.39 is 0 Å². The number of aromatic amines is 1. The molecule has 0 aliphatic heterocycles. The van der Waals surface area contributed by atoms with Crippen molar-refractivity contribution >= 4 is 11.5 Å². The molecule has 1 heterocycles. The number of nitrogen functional groups attached to an aromatic ring is 1. The van der Waals surface area contributed by atoms with Crippen LogP contribution in [0.1, 0.15) is 13.8 Å². The Kier molecular flexibility index (Phi) is 3.28. The number of allylic oxidation sites excluding steroid dienone is 1. The van der Waals surface area contributed by atoms with Crippen LogP contribution in [-0.4, -0.2) is 16.5 Å². The zero-order valence-electron chi connectivity index (χ0n) is 8.29. The lowest BCUT2D eigenvalue weighted by Crippen LogP contribution is -2.16. The Hall–Kier alpha value is -1.78. The monoisotopic (exact) mass is 194 g/mol. The summed E-state index contributed by atoms with van der Waals surface area (Å²) in [5.41, 5.74) is 6.51. The van der Waals surface area contributed by atoms with E-state index in [4.69, 9.17) is 5.73 Å². The van der Waals surface area contributed by atoms with Crippen LogP contribution in [0.4, 0.5) is 11.5 Å². The van der Waals surface area contributed by atoms with E-state index in [0.717, 1.165) is 0 Å². The largest absolute Gasteiger partial charge is 0.391 e. The first kappa shape index (κ1) is 10.3. The molecule has 5 heteroatoms. The minimum atomic E-state index is -0.320. The van der Waals surface area contributed by atoms with Crippen molar-refractivity contribution in [1.82, 2.24) is 9.97 Å². The van der Waals surface area contributed by atoms with Crippen LogP contribution in [0, 0.1) is 0 Å². The van der Waals surface area contributed by atoms with Gasteiger partial charge >= 0.3 is 0 Å². The topological polar surface area (TPSA) is 83.8 Å². The highest BCUT2D eigenvalue weighted by Crippen LogP contribution is 2.06. The molecule has 0 radical (unpaired) electrons. The molecule has 1 rings (SSSR count).